The van der Waals surface area contributed by atoms with Crippen molar-refractivity contribution < 1.29 is 13.9 Å². The van der Waals surface area contributed by atoms with E-state index in [-0.39, 0.29) is 18.3 Å². The van der Waals surface area contributed by atoms with Gasteiger partial charge in [-0.25, -0.2) is 4.39 Å². The van der Waals surface area contributed by atoms with Crippen molar-refractivity contribution in [3.05, 3.63) is 52.8 Å². The minimum absolute atomic E-state index is 0.0125. The zero-order valence-corrected chi connectivity index (χ0v) is 12.0. The molecule has 0 fully saturated rings. The van der Waals surface area contributed by atoms with Crippen molar-refractivity contribution in [2.24, 2.45) is 0 Å². The highest BCUT2D eigenvalue weighted by atomic mass is 79.9. The SMILES string of the molecule is Nc1ccc(OCC(=O)Nc2ccccc2Br)c(F)c1. The summed E-state index contributed by atoms with van der Waals surface area (Å²) in [5.41, 5.74) is 6.34. The maximum Gasteiger partial charge on any atom is 0.262 e. The van der Waals surface area contributed by atoms with Crippen LogP contribution in [0.3, 0.4) is 0 Å². The van der Waals surface area contributed by atoms with Gasteiger partial charge in [-0.1, -0.05) is 12.1 Å². The molecule has 0 aliphatic carbocycles. The lowest BCUT2D eigenvalue weighted by atomic mass is 10.3. The number of halogens is 2. The molecule has 0 bridgehead atoms. The molecule has 20 heavy (non-hydrogen) atoms. The molecule has 0 aliphatic heterocycles. The van der Waals surface area contributed by atoms with E-state index in [2.05, 4.69) is 21.2 Å². The van der Waals surface area contributed by atoms with Gasteiger partial charge in [0.25, 0.3) is 5.91 Å². The van der Waals surface area contributed by atoms with Gasteiger partial charge in [-0.05, 0) is 40.2 Å². The van der Waals surface area contributed by atoms with Gasteiger partial charge in [-0.2, -0.15) is 0 Å². The summed E-state index contributed by atoms with van der Waals surface area (Å²) in [6.07, 6.45) is 0. The van der Waals surface area contributed by atoms with Gasteiger partial charge in [0.05, 0.1) is 5.69 Å². The molecule has 0 atom stereocenters. The van der Waals surface area contributed by atoms with Gasteiger partial charge < -0.3 is 15.8 Å². The Morgan fingerprint density at radius 3 is 2.75 bits per heavy atom. The van der Waals surface area contributed by atoms with Crippen molar-refractivity contribution >= 4 is 33.2 Å². The van der Waals surface area contributed by atoms with E-state index in [9.17, 15) is 9.18 Å². The number of carbonyl (C=O) groups excluding carboxylic acids is 1. The van der Waals surface area contributed by atoms with Crippen LogP contribution < -0.4 is 15.8 Å². The number of ether oxygens (including phenoxy) is 1. The second-order valence-corrected chi connectivity index (χ2v) is 4.86. The first-order valence-corrected chi connectivity index (χ1v) is 6.58. The average Bonchev–Trinajstić information content (AvgIpc) is 2.40. The summed E-state index contributed by atoms with van der Waals surface area (Å²) in [5.74, 6) is -0.992. The molecule has 0 saturated carbocycles. The van der Waals surface area contributed by atoms with Crippen LogP contribution in [-0.2, 0) is 4.79 Å². The monoisotopic (exact) mass is 338 g/mol. The first-order valence-electron chi connectivity index (χ1n) is 5.78. The number of amides is 1. The number of hydrogen-bond donors (Lipinski definition) is 2. The Morgan fingerprint density at radius 1 is 1.30 bits per heavy atom. The van der Waals surface area contributed by atoms with E-state index in [4.69, 9.17) is 10.5 Å². The smallest absolute Gasteiger partial charge is 0.262 e. The number of carbonyl (C=O) groups is 1. The number of para-hydroxylation sites is 1. The number of hydrogen-bond acceptors (Lipinski definition) is 3. The van der Waals surface area contributed by atoms with Gasteiger partial charge in [-0.3, -0.25) is 4.79 Å². The Labute approximate surface area is 123 Å². The predicted octanol–water partition coefficient (Wildman–Crippen LogP) is 3.19. The number of nitrogens with one attached hydrogen (secondary N) is 1. The zero-order chi connectivity index (χ0) is 14.5. The molecule has 2 rings (SSSR count). The average molecular weight is 339 g/mol. The molecule has 0 heterocycles. The van der Waals surface area contributed by atoms with Gasteiger partial charge in [-0.15, -0.1) is 0 Å². The predicted molar refractivity (Wildman–Crippen MR) is 79.1 cm³/mol. The summed E-state index contributed by atoms with van der Waals surface area (Å²) in [4.78, 5) is 11.7. The Morgan fingerprint density at radius 2 is 2.05 bits per heavy atom. The van der Waals surface area contributed by atoms with Gasteiger partial charge >= 0.3 is 0 Å². The maximum absolute atomic E-state index is 13.4. The van der Waals surface area contributed by atoms with Crippen molar-refractivity contribution in [2.75, 3.05) is 17.7 Å². The largest absolute Gasteiger partial charge is 0.481 e. The Hall–Kier alpha value is -2.08. The van der Waals surface area contributed by atoms with Crippen LogP contribution in [0.5, 0.6) is 5.75 Å². The molecule has 6 heteroatoms. The van der Waals surface area contributed by atoms with Crippen LogP contribution in [0.15, 0.2) is 46.9 Å². The first kappa shape index (κ1) is 14.3. The van der Waals surface area contributed by atoms with Crippen LogP contribution in [0.2, 0.25) is 0 Å². The van der Waals surface area contributed by atoms with Crippen molar-refractivity contribution in [3.63, 3.8) is 0 Å². The second-order valence-electron chi connectivity index (χ2n) is 4.01. The fourth-order valence-electron chi connectivity index (χ4n) is 1.53. The topological polar surface area (TPSA) is 64.3 Å². The molecule has 2 aromatic carbocycles. The maximum atomic E-state index is 13.4. The fraction of sp³-hybridized carbons (Fsp3) is 0.0714. The molecule has 0 radical (unpaired) electrons. The number of nitrogen functional groups attached to an aromatic ring is 1. The third kappa shape index (κ3) is 3.71. The summed E-state index contributed by atoms with van der Waals surface area (Å²) in [6, 6.07) is 11.2. The standard InChI is InChI=1S/C14H12BrFN2O2/c15-10-3-1-2-4-12(10)18-14(19)8-20-13-6-5-9(17)7-11(13)16/h1-7H,8,17H2,(H,18,19). The van der Waals surface area contributed by atoms with Crippen LogP contribution in [0.4, 0.5) is 15.8 Å². The van der Waals surface area contributed by atoms with E-state index in [0.717, 1.165) is 10.5 Å². The van der Waals surface area contributed by atoms with Crippen molar-refractivity contribution in [1.82, 2.24) is 0 Å². The molecule has 0 aromatic heterocycles. The highest BCUT2D eigenvalue weighted by Crippen LogP contribution is 2.22. The minimum Gasteiger partial charge on any atom is -0.481 e. The number of rotatable bonds is 4. The van der Waals surface area contributed by atoms with E-state index >= 15 is 0 Å². The summed E-state index contributed by atoms with van der Waals surface area (Å²) in [6.45, 7) is -0.290. The number of nitrogens with two attached hydrogens (primary N) is 1. The van der Waals surface area contributed by atoms with Crippen LogP contribution in [-0.4, -0.2) is 12.5 Å². The molecule has 4 nitrogen and oxygen atoms in total. The normalized spacial score (nSPS) is 10.1. The van der Waals surface area contributed by atoms with Crippen LogP contribution >= 0.6 is 15.9 Å². The minimum atomic E-state index is -0.598. The van der Waals surface area contributed by atoms with E-state index < -0.39 is 5.82 Å². The lowest BCUT2D eigenvalue weighted by Crippen LogP contribution is -2.20. The third-order valence-electron chi connectivity index (χ3n) is 2.46. The summed E-state index contributed by atoms with van der Waals surface area (Å²) in [7, 11) is 0. The molecule has 3 N–H and O–H groups in total. The van der Waals surface area contributed by atoms with Crippen LogP contribution in [0.25, 0.3) is 0 Å². The zero-order valence-electron chi connectivity index (χ0n) is 10.4. The van der Waals surface area contributed by atoms with Gasteiger partial charge in [0.1, 0.15) is 0 Å². The van der Waals surface area contributed by atoms with E-state index in [1.165, 1.54) is 12.1 Å². The summed E-state index contributed by atoms with van der Waals surface area (Å²) in [5, 5.41) is 2.65. The molecule has 1 amide bonds. The lowest BCUT2D eigenvalue weighted by molar-refractivity contribution is -0.118. The van der Waals surface area contributed by atoms with Crippen LogP contribution in [0.1, 0.15) is 0 Å². The molecule has 2 aromatic rings. The summed E-state index contributed by atoms with van der Waals surface area (Å²) < 4.78 is 19.3. The van der Waals surface area contributed by atoms with Gasteiger partial charge in [0, 0.05) is 16.2 Å². The van der Waals surface area contributed by atoms with Crippen molar-refractivity contribution in [2.45, 2.75) is 0 Å². The Bertz CT molecular complexity index is 634. The van der Waals surface area contributed by atoms with Gasteiger partial charge in [0.2, 0.25) is 0 Å². The van der Waals surface area contributed by atoms with E-state index in [1.807, 2.05) is 6.07 Å². The highest BCUT2D eigenvalue weighted by Gasteiger charge is 2.08. The molecular formula is C14H12BrFN2O2. The molecule has 0 unspecified atom stereocenters. The second kappa shape index (κ2) is 6.38. The quantitative estimate of drug-likeness (QED) is 0.841. The third-order valence-corrected chi connectivity index (χ3v) is 3.15. The van der Waals surface area contributed by atoms with Crippen molar-refractivity contribution in [1.29, 1.82) is 0 Å². The molecular weight excluding hydrogens is 327 g/mol. The van der Waals surface area contributed by atoms with Crippen LogP contribution in [0, 0.1) is 5.82 Å². The fourth-order valence-corrected chi connectivity index (χ4v) is 1.91. The molecule has 0 spiro atoms. The van der Waals surface area contributed by atoms with Crippen molar-refractivity contribution in [3.8, 4) is 5.75 Å². The molecule has 0 aliphatic rings. The lowest BCUT2D eigenvalue weighted by Gasteiger charge is -2.09. The van der Waals surface area contributed by atoms with E-state index in [1.54, 1.807) is 18.2 Å². The summed E-state index contributed by atoms with van der Waals surface area (Å²) >= 11 is 3.31. The number of benzene rings is 2. The number of anilines is 2. The first-order chi connectivity index (χ1) is 9.56. The highest BCUT2D eigenvalue weighted by molar-refractivity contribution is 9.10. The van der Waals surface area contributed by atoms with E-state index in [0.29, 0.717) is 11.4 Å². The molecule has 0 saturated heterocycles. The Kier molecular flexibility index (Phi) is 4.57. The van der Waals surface area contributed by atoms with Gasteiger partial charge in [0.15, 0.2) is 18.2 Å². The Balaban J connectivity index is 1.94. The molecule has 104 valence electrons.